The summed E-state index contributed by atoms with van der Waals surface area (Å²) in [6.07, 6.45) is 0. The summed E-state index contributed by atoms with van der Waals surface area (Å²) in [5, 5.41) is 0.685. The number of anilines is 1. The van der Waals surface area contributed by atoms with Gasteiger partial charge in [0.15, 0.2) is 6.61 Å². The first kappa shape index (κ1) is 15.7. The Balaban J connectivity index is 2.09. The van der Waals surface area contributed by atoms with Crippen LogP contribution in [0.25, 0.3) is 22.2 Å². The summed E-state index contributed by atoms with van der Waals surface area (Å²) in [5.74, 6) is -0.362. The maximum Gasteiger partial charge on any atom is 0.343 e. The third-order valence-electron chi connectivity index (χ3n) is 3.51. The number of carbonyl (C=O) groups excluding carboxylic acids is 1. The number of aromatic nitrogens is 1. The van der Waals surface area contributed by atoms with Crippen molar-refractivity contribution in [1.82, 2.24) is 4.98 Å². The summed E-state index contributed by atoms with van der Waals surface area (Å²) >= 11 is 0. The highest BCUT2D eigenvalue weighted by Crippen LogP contribution is 2.31. The summed E-state index contributed by atoms with van der Waals surface area (Å²) in [6, 6.07) is 12.9. The van der Waals surface area contributed by atoms with Gasteiger partial charge < -0.3 is 15.2 Å². The van der Waals surface area contributed by atoms with Crippen molar-refractivity contribution < 1.29 is 18.7 Å². The molecule has 0 atom stereocenters. The summed E-state index contributed by atoms with van der Waals surface area (Å²) < 4.78 is 23.3. The van der Waals surface area contributed by atoms with E-state index in [4.69, 9.17) is 10.5 Å². The Morgan fingerprint density at radius 2 is 1.92 bits per heavy atom. The number of esters is 1. The van der Waals surface area contributed by atoms with Crippen molar-refractivity contribution in [2.45, 2.75) is 0 Å². The Morgan fingerprint density at radius 1 is 1.17 bits per heavy atom. The molecule has 1 heterocycles. The smallest absolute Gasteiger partial charge is 0.343 e. The molecule has 3 aromatic rings. The second kappa shape index (κ2) is 6.54. The van der Waals surface area contributed by atoms with Gasteiger partial charge in [-0.3, -0.25) is 0 Å². The number of nitrogens with two attached hydrogens (primary N) is 1. The molecule has 0 spiro atoms. The Bertz CT molecular complexity index is 895. The zero-order chi connectivity index (χ0) is 17.1. The topological polar surface area (TPSA) is 74.4 Å². The van der Waals surface area contributed by atoms with E-state index >= 15 is 0 Å². The van der Waals surface area contributed by atoms with Crippen LogP contribution in [0, 0.1) is 5.82 Å². The summed E-state index contributed by atoms with van der Waals surface area (Å²) in [7, 11) is 1.29. The quantitative estimate of drug-likeness (QED) is 0.589. The number of rotatable bonds is 4. The fourth-order valence-corrected chi connectivity index (χ4v) is 2.30. The molecule has 0 radical (unpaired) electrons. The van der Waals surface area contributed by atoms with Crippen LogP contribution in [0.2, 0.25) is 0 Å². The molecule has 2 N–H and O–H groups in total. The highest BCUT2D eigenvalue weighted by Gasteiger charge is 2.11. The standard InChI is InChI=1S/C18H15FN2O3/c1-23-18(22)10-24-17-9-16(11-2-4-12(19)5-3-11)21-15-7-6-13(20)8-14(15)17/h2-9H,10,20H2,1H3. The molecule has 24 heavy (non-hydrogen) atoms. The van der Waals surface area contributed by atoms with E-state index in [-0.39, 0.29) is 12.4 Å². The minimum atomic E-state index is -0.493. The summed E-state index contributed by atoms with van der Waals surface area (Å²) in [5.41, 5.74) is 8.38. The Kier molecular flexibility index (Phi) is 4.29. The number of ether oxygens (including phenoxy) is 2. The zero-order valence-electron chi connectivity index (χ0n) is 13.0. The van der Waals surface area contributed by atoms with E-state index in [1.54, 1.807) is 36.4 Å². The maximum absolute atomic E-state index is 13.1. The molecule has 1 aromatic heterocycles. The molecular formula is C18H15FN2O3. The summed E-state index contributed by atoms with van der Waals surface area (Å²) in [4.78, 5) is 15.9. The fraction of sp³-hybridized carbons (Fsp3) is 0.111. The van der Waals surface area contributed by atoms with Crippen molar-refractivity contribution in [1.29, 1.82) is 0 Å². The van der Waals surface area contributed by atoms with Crippen molar-refractivity contribution in [3.8, 4) is 17.0 Å². The number of benzene rings is 2. The Labute approximate surface area is 137 Å². The first-order valence-corrected chi connectivity index (χ1v) is 7.22. The van der Waals surface area contributed by atoms with E-state index in [0.29, 0.717) is 28.0 Å². The molecule has 6 heteroatoms. The monoisotopic (exact) mass is 326 g/mol. The van der Waals surface area contributed by atoms with Crippen LogP contribution in [0.4, 0.5) is 10.1 Å². The van der Waals surface area contributed by atoms with Gasteiger partial charge >= 0.3 is 5.97 Å². The van der Waals surface area contributed by atoms with Gasteiger partial charge in [-0.15, -0.1) is 0 Å². The normalized spacial score (nSPS) is 10.6. The van der Waals surface area contributed by atoms with Crippen molar-refractivity contribution in [3.63, 3.8) is 0 Å². The van der Waals surface area contributed by atoms with Crippen LogP contribution in [0.5, 0.6) is 5.75 Å². The number of fused-ring (bicyclic) bond motifs is 1. The van der Waals surface area contributed by atoms with Gasteiger partial charge in [-0.25, -0.2) is 14.2 Å². The second-order valence-corrected chi connectivity index (χ2v) is 5.15. The number of nitrogen functional groups attached to an aromatic ring is 1. The van der Waals surface area contributed by atoms with Crippen LogP contribution in [0.3, 0.4) is 0 Å². The van der Waals surface area contributed by atoms with Gasteiger partial charge in [0.05, 0.1) is 18.3 Å². The Morgan fingerprint density at radius 3 is 2.62 bits per heavy atom. The lowest BCUT2D eigenvalue weighted by Gasteiger charge is -2.11. The second-order valence-electron chi connectivity index (χ2n) is 5.15. The lowest BCUT2D eigenvalue weighted by Crippen LogP contribution is -2.12. The Hall–Kier alpha value is -3.15. The molecule has 0 bridgehead atoms. The number of hydrogen-bond acceptors (Lipinski definition) is 5. The first-order chi connectivity index (χ1) is 11.6. The maximum atomic E-state index is 13.1. The molecule has 0 saturated carbocycles. The van der Waals surface area contributed by atoms with Crippen molar-refractivity contribution in [2.75, 3.05) is 19.5 Å². The van der Waals surface area contributed by atoms with E-state index in [9.17, 15) is 9.18 Å². The van der Waals surface area contributed by atoms with Gasteiger partial charge in [0.25, 0.3) is 0 Å². The van der Waals surface area contributed by atoms with Crippen LogP contribution in [0.15, 0.2) is 48.5 Å². The lowest BCUT2D eigenvalue weighted by molar-refractivity contribution is -0.142. The number of pyridine rings is 1. The molecule has 0 aliphatic carbocycles. The number of carbonyl (C=O) groups is 1. The number of methoxy groups -OCH3 is 1. The minimum absolute atomic E-state index is 0.229. The predicted molar refractivity (Wildman–Crippen MR) is 89.1 cm³/mol. The SMILES string of the molecule is COC(=O)COc1cc(-c2ccc(F)cc2)nc2ccc(N)cc12. The van der Waals surface area contributed by atoms with Crippen molar-refractivity contribution >= 4 is 22.6 Å². The van der Waals surface area contributed by atoms with Crippen LogP contribution >= 0.6 is 0 Å². The van der Waals surface area contributed by atoms with E-state index in [2.05, 4.69) is 9.72 Å². The van der Waals surface area contributed by atoms with Gasteiger partial charge in [0, 0.05) is 22.7 Å². The van der Waals surface area contributed by atoms with Gasteiger partial charge in [-0.1, -0.05) is 0 Å². The van der Waals surface area contributed by atoms with Crippen LogP contribution in [0.1, 0.15) is 0 Å². The molecule has 5 nitrogen and oxygen atoms in total. The molecular weight excluding hydrogens is 311 g/mol. The van der Waals surface area contributed by atoms with E-state index in [1.165, 1.54) is 19.2 Å². The van der Waals surface area contributed by atoms with Crippen molar-refractivity contribution in [3.05, 3.63) is 54.3 Å². The van der Waals surface area contributed by atoms with Gasteiger partial charge in [-0.2, -0.15) is 0 Å². The van der Waals surface area contributed by atoms with Crippen molar-refractivity contribution in [2.24, 2.45) is 0 Å². The van der Waals surface area contributed by atoms with Crippen LogP contribution in [-0.4, -0.2) is 24.7 Å². The molecule has 122 valence electrons. The average molecular weight is 326 g/mol. The number of nitrogens with zero attached hydrogens (tertiary/aromatic N) is 1. The van der Waals surface area contributed by atoms with Crippen LogP contribution < -0.4 is 10.5 Å². The first-order valence-electron chi connectivity index (χ1n) is 7.22. The molecule has 0 unspecified atom stereocenters. The zero-order valence-corrected chi connectivity index (χ0v) is 13.0. The molecule has 0 aliphatic rings. The van der Waals surface area contributed by atoms with Gasteiger partial charge in [-0.05, 0) is 42.5 Å². The predicted octanol–water partition coefficient (Wildman–Crippen LogP) is 3.17. The minimum Gasteiger partial charge on any atom is -0.481 e. The highest BCUT2D eigenvalue weighted by molar-refractivity contribution is 5.90. The third-order valence-corrected chi connectivity index (χ3v) is 3.51. The number of hydrogen-bond donors (Lipinski definition) is 1. The molecule has 3 rings (SSSR count). The molecule has 0 aliphatic heterocycles. The van der Waals surface area contributed by atoms with Crippen LogP contribution in [-0.2, 0) is 9.53 Å². The van der Waals surface area contributed by atoms with Gasteiger partial charge in [0.2, 0.25) is 0 Å². The average Bonchev–Trinajstić information content (AvgIpc) is 2.60. The third kappa shape index (κ3) is 3.27. The van der Waals surface area contributed by atoms with E-state index in [1.807, 2.05) is 0 Å². The highest BCUT2D eigenvalue weighted by atomic mass is 19.1. The van der Waals surface area contributed by atoms with Gasteiger partial charge in [0.1, 0.15) is 11.6 Å². The lowest BCUT2D eigenvalue weighted by atomic mass is 10.1. The largest absolute Gasteiger partial charge is 0.481 e. The molecule has 0 amide bonds. The van der Waals surface area contributed by atoms with E-state index in [0.717, 1.165) is 5.56 Å². The number of halogens is 1. The fourth-order valence-electron chi connectivity index (χ4n) is 2.30. The summed E-state index contributed by atoms with van der Waals surface area (Å²) in [6.45, 7) is -0.229. The molecule has 0 fully saturated rings. The van der Waals surface area contributed by atoms with E-state index < -0.39 is 5.97 Å². The molecule has 2 aromatic carbocycles. The molecule has 0 saturated heterocycles.